The van der Waals surface area contributed by atoms with E-state index in [1.165, 1.54) is 30.3 Å². The van der Waals surface area contributed by atoms with Crippen molar-refractivity contribution in [2.75, 3.05) is 4.31 Å². The number of nitrogens with zero attached hydrogens (tertiary/aromatic N) is 2. The number of alkyl halides is 6. The van der Waals surface area contributed by atoms with E-state index in [1.807, 2.05) is 0 Å². The number of carbonyl (C=O) groups excluding carboxylic acids is 1. The zero-order valence-electron chi connectivity index (χ0n) is 24.4. The van der Waals surface area contributed by atoms with E-state index in [4.69, 9.17) is 10.5 Å². The van der Waals surface area contributed by atoms with Crippen molar-refractivity contribution < 1.29 is 44.3 Å². The van der Waals surface area contributed by atoms with E-state index in [-0.39, 0.29) is 39.9 Å². The zero-order valence-corrected chi connectivity index (χ0v) is 25.2. The standard InChI is InChI=1S/C32H26F6N4O4S/c1-19-7-12-24(13-8-19)47(44,45)42(30(43)27(39)15-20-5-3-2-4-6-20)29-25-17-23(11-14-28(25)40-41-29)46-18-21-9-10-22(31(33,34)35)16-26(21)32(36,37)38/h2-14,16-17,27H,15,18,39H2,1H3,(H,40,41)/t27-/m0/s1. The van der Waals surface area contributed by atoms with E-state index in [2.05, 4.69) is 10.2 Å². The summed E-state index contributed by atoms with van der Waals surface area (Å²) in [6.45, 7) is 0.970. The molecule has 8 nitrogen and oxygen atoms in total. The Morgan fingerprint density at radius 3 is 2.23 bits per heavy atom. The highest BCUT2D eigenvalue weighted by molar-refractivity contribution is 7.93. The molecule has 1 aromatic heterocycles. The highest BCUT2D eigenvalue weighted by atomic mass is 32.2. The Morgan fingerprint density at radius 2 is 1.60 bits per heavy atom. The Hall–Kier alpha value is -4.89. The smallest absolute Gasteiger partial charge is 0.416 e. The van der Waals surface area contributed by atoms with Crippen LogP contribution in [0.3, 0.4) is 0 Å². The number of ether oxygens (including phenoxy) is 1. The Kier molecular flexibility index (Phi) is 9.06. The fraction of sp³-hybridized carbons (Fsp3) is 0.188. The van der Waals surface area contributed by atoms with Crippen molar-refractivity contribution in [2.24, 2.45) is 5.73 Å². The van der Waals surface area contributed by atoms with Crippen molar-refractivity contribution in [1.82, 2.24) is 10.2 Å². The van der Waals surface area contributed by atoms with Crippen LogP contribution in [0.25, 0.3) is 10.9 Å². The predicted molar refractivity (Wildman–Crippen MR) is 161 cm³/mol. The molecule has 4 aromatic carbocycles. The third kappa shape index (κ3) is 7.25. The number of nitrogens with one attached hydrogen (secondary N) is 1. The second kappa shape index (κ2) is 12.7. The summed E-state index contributed by atoms with van der Waals surface area (Å²) in [4.78, 5) is 13.6. The molecule has 1 heterocycles. The van der Waals surface area contributed by atoms with Crippen molar-refractivity contribution in [3.05, 3.63) is 119 Å². The number of hydrogen-bond acceptors (Lipinski definition) is 6. The van der Waals surface area contributed by atoms with Gasteiger partial charge in [0.1, 0.15) is 12.4 Å². The second-order valence-electron chi connectivity index (χ2n) is 10.6. The summed E-state index contributed by atoms with van der Waals surface area (Å²) in [5.41, 5.74) is 4.36. The van der Waals surface area contributed by atoms with Crippen LogP contribution in [0, 0.1) is 6.92 Å². The lowest BCUT2D eigenvalue weighted by atomic mass is 10.0. The summed E-state index contributed by atoms with van der Waals surface area (Å²) < 4.78 is 114. The van der Waals surface area contributed by atoms with Gasteiger partial charge in [0.2, 0.25) is 0 Å². The number of carbonyl (C=O) groups is 1. The number of halogens is 6. The van der Waals surface area contributed by atoms with Gasteiger partial charge in [-0.2, -0.15) is 35.7 Å². The Balaban J connectivity index is 1.53. The molecule has 246 valence electrons. The predicted octanol–water partition coefficient (Wildman–Crippen LogP) is 6.78. The first-order valence-electron chi connectivity index (χ1n) is 13.9. The van der Waals surface area contributed by atoms with Crippen LogP contribution >= 0.6 is 0 Å². The summed E-state index contributed by atoms with van der Waals surface area (Å²) in [5, 5.41) is 6.77. The van der Waals surface area contributed by atoms with E-state index in [0.29, 0.717) is 22.0 Å². The summed E-state index contributed by atoms with van der Waals surface area (Å²) in [5.74, 6) is -1.46. The Morgan fingerprint density at radius 1 is 0.915 bits per heavy atom. The summed E-state index contributed by atoms with van der Waals surface area (Å²) in [6, 6.07) is 18.3. The van der Waals surface area contributed by atoms with Gasteiger partial charge in [0.15, 0.2) is 5.82 Å². The van der Waals surface area contributed by atoms with Crippen LogP contribution in [-0.2, 0) is 40.2 Å². The summed E-state index contributed by atoms with van der Waals surface area (Å²) >= 11 is 0. The first-order chi connectivity index (χ1) is 22.1. The zero-order chi connectivity index (χ0) is 34.1. The molecule has 47 heavy (non-hydrogen) atoms. The lowest BCUT2D eigenvalue weighted by molar-refractivity contribution is -0.143. The van der Waals surface area contributed by atoms with Gasteiger partial charge < -0.3 is 10.5 Å². The molecule has 0 saturated carbocycles. The molecule has 0 spiro atoms. The van der Waals surface area contributed by atoms with Crippen molar-refractivity contribution in [2.45, 2.75) is 43.2 Å². The molecule has 0 fully saturated rings. The van der Waals surface area contributed by atoms with E-state index in [1.54, 1.807) is 49.4 Å². The van der Waals surface area contributed by atoms with Gasteiger partial charge in [-0.15, -0.1) is 0 Å². The molecular weight excluding hydrogens is 650 g/mol. The molecule has 0 bridgehead atoms. The monoisotopic (exact) mass is 676 g/mol. The molecule has 5 rings (SSSR count). The highest BCUT2D eigenvalue weighted by Crippen LogP contribution is 2.38. The number of aryl methyl sites for hydroxylation is 1. The van der Waals surface area contributed by atoms with Crippen LogP contribution in [-0.4, -0.2) is 30.6 Å². The number of benzene rings is 4. The van der Waals surface area contributed by atoms with Gasteiger partial charge in [-0.05, 0) is 61.4 Å². The highest BCUT2D eigenvalue weighted by Gasteiger charge is 2.39. The minimum atomic E-state index is -5.11. The number of rotatable bonds is 9. The number of hydrogen-bond donors (Lipinski definition) is 2. The van der Waals surface area contributed by atoms with Crippen LogP contribution < -0.4 is 14.8 Å². The molecule has 0 radical (unpaired) electrons. The SMILES string of the molecule is Cc1ccc(S(=O)(=O)N(C(=O)[C@@H](N)Cc2ccccc2)c2n[nH]c3ccc(OCc4ccc(C(F)(F)F)cc4C(F)(F)F)cc23)cc1. The third-order valence-corrected chi connectivity index (χ3v) is 8.92. The molecule has 0 saturated heterocycles. The fourth-order valence-corrected chi connectivity index (χ4v) is 6.22. The molecule has 15 heteroatoms. The maximum atomic E-state index is 14.0. The number of nitrogens with two attached hydrogens (primary N) is 1. The van der Waals surface area contributed by atoms with Crippen LogP contribution in [0.5, 0.6) is 5.75 Å². The molecule has 0 aliphatic carbocycles. The average Bonchev–Trinajstić information content (AvgIpc) is 3.42. The molecule has 1 amide bonds. The van der Waals surface area contributed by atoms with Gasteiger partial charge in [0.25, 0.3) is 15.9 Å². The molecule has 5 aromatic rings. The van der Waals surface area contributed by atoms with E-state index < -0.39 is 57.6 Å². The van der Waals surface area contributed by atoms with Gasteiger partial charge >= 0.3 is 12.4 Å². The molecule has 0 aliphatic rings. The number of anilines is 1. The number of sulfonamides is 1. The molecule has 0 aliphatic heterocycles. The van der Waals surface area contributed by atoms with Gasteiger partial charge in [-0.1, -0.05) is 54.1 Å². The summed E-state index contributed by atoms with van der Waals surface area (Å²) in [7, 11) is -4.61. The largest absolute Gasteiger partial charge is 0.489 e. The maximum absolute atomic E-state index is 14.0. The van der Waals surface area contributed by atoms with Crippen LogP contribution in [0.15, 0.2) is 95.9 Å². The van der Waals surface area contributed by atoms with E-state index in [0.717, 1.165) is 5.56 Å². The van der Waals surface area contributed by atoms with Gasteiger partial charge in [-0.3, -0.25) is 9.89 Å². The van der Waals surface area contributed by atoms with Crippen molar-refractivity contribution in [3.63, 3.8) is 0 Å². The van der Waals surface area contributed by atoms with E-state index >= 15 is 0 Å². The number of aromatic amines is 1. The van der Waals surface area contributed by atoms with Gasteiger partial charge in [0, 0.05) is 10.9 Å². The average molecular weight is 677 g/mol. The normalized spacial score (nSPS) is 13.0. The topological polar surface area (TPSA) is 118 Å². The summed E-state index contributed by atoms with van der Waals surface area (Å²) in [6.07, 6.45) is -10.1. The van der Waals surface area contributed by atoms with Gasteiger partial charge in [-0.25, -0.2) is 8.42 Å². The quantitative estimate of drug-likeness (QED) is 0.166. The lowest BCUT2D eigenvalue weighted by Crippen LogP contribution is -2.48. The van der Waals surface area contributed by atoms with Crippen LogP contribution in [0.1, 0.15) is 27.8 Å². The lowest BCUT2D eigenvalue weighted by Gasteiger charge is -2.24. The number of fused-ring (bicyclic) bond motifs is 1. The minimum absolute atomic E-state index is 0.00811. The molecular formula is C32H26F6N4O4S. The number of aromatic nitrogens is 2. The molecule has 1 atom stereocenters. The van der Waals surface area contributed by atoms with Crippen LogP contribution in [0.2, 0.25) is 0 Å². The third-order valence-electron chi connectivity index (χ3n) is 7.22. The first-order valence-corrected chi connectivity index (χ1v) is 15.3. The van der Waals surface area contributed by atoms with Crippen molar-refractivity contribution in [3.8, 4) is 5.75 Å². The Bertz CT molecular complexity index is 2010. The maximum Gasteiger partial charge on any atom is 0.416 e. The number of amides is 1. The second-order valence-corrected chi connectivity index (χ2v) is 12.4. The number of H-pyrrole nitrogens is 1. The minimum Gasteiger partial charge on any atom is -0.489 e. The van der Waals surface area contributed by atoms with Crippen molar-refractivity contribution >= 4 is 32.7 Å². The fourth-order valence-electron chi connectivity index (χ4n) is 4.79. The van der Waals surface area contributed by atoms with Crippen molar-refractivity contribution in [1.29, 1.82) is 0 Å². The van der Waals surface area contributed by atoms with Crippen LogP contribution in [0.4, 0.5) is 32.2 Å². The molecule has 3 N–H and O–H groups in total. The van der Waals surface area contributed by atoms with E-state index in [9.17, 15) is 39.6 Å². The Labute approximate surface area is 264 Å². The first kappa shape index (κ1) is 33.5. The van der Waals surface area contributed by atoms with Gasteiger partial charge in [0.05, 0.1) is 27.6 Å². The molecule has 0 unspecified atom stereocenters.